The van der Waals surface area contributed by atoms with Crippen molar-refractivity contribution in [2.75, 3.05) is 25.5 Å². The highest BCUT2D eigenvalue weighted by atomic mass is 127. The lowest BCUT2D eigenvalue weighted by atomic mass is 9.93. The summed E-state index contributed by atoms with van der Waals surface area (Å²) < 4.78 is 0. The van der Waals surface area contributed by atoms with Crippen LogP contribution in [0, 0.1) is 11.3 Å². The van der Waals surface area contributed by atoms with Crippen molar-refractivity contribution < 1.29 is 4.79 Å². The van der Waals surface area contributed by atoms with E-state index in [-0.39, 0.29) is 35.8 Å². The number of hydrogen-bond donors (Lipinski definition) is 2. The van der Waals surface area contributed by atoms with Crippen LogP contribution in [-0.2, 0) is 11.3 Å². The van der Waals surface area contributed by atoms with Gasteiger partial charge in [0.2, 0.25) is 5.91 Å². The van der Waals surface area contributed by atoms with E-state index in [4.69, 9.17) is 0 Å². The van der Waals surface area contributed by atoms with Crippen LogP contribution in [0.15, 0.2) is 29.3 Å². The molecule has 0 aromatic heterocycles. The second kappa shape index (κ2) is 9.75. The van der Waals surface area contributed by atoms with E-state index in [9.17, 15) is 4.79 Å². The van der Waals surface area contributed by atoms with Gasteiger partial charge in [-0.1, -0.05) is 38.8 Å². The summed E-state index contributed by atoms with van der Waals surface area (Å²) in [5, 5.41) is 6.55. The molecular weight excluding hydrogens is 451 g/mol. The minimum Gasteiger partial charge on any atom is -0.352 e. The molecule has 1 saturated carbocycles. The van der Waals surface area contributed by atoms with Crippen molar-refractivity contribution in [3.05, 3.63) is 29.8 Å². The lowest BCUT2D eigenvalue weighted by Gasteiger charge is -2.23. The van der Waals surface area contributed by atoms with Crippen molar-refractivity contribution in [3.63, 3.8) is 0 Å². The Morgan fingerprint density at radius 1 is 1.30 bits per heavy atom. The summed E-state index contributed by atoms with van der Waals surface area (Å²) >= 11 is 0. The van der Waals surface area contributed by atoms with E-state index in [0.717, 1.165) is 43.1 Å². The molecule has 5 nitrogen and oxygen atoms in total. The van der Waals surface area contributed by atoms with Crippen LogP contribution >= 0.6 is 24.0 Å². The average Bonchev–Trinajstić information content (AvgIpc) is 3.26. The summed E-state index contributed by atoms with van der Waals surface area (Å²) in [5.74, 6) is 1.31. The predicted molar refractivity (Wildman–Crippen MR) is 123 cm³/mol. The Morgan fingerprint density at radius 3 is 2.67 bits per heavy atom. The molecule has 0 unspecified atom stereocenters. The highest BCUT2D eigenvalue weighted by Crippen LogP contribution is 2.29. The maximum absolute atomic E-state index is 12.3. The third kappa shape index (κ3) is 6.09. The first kappa shape index (κ1) is 22.0. The molecule has 2 aliphatic rings. The lowest BCUT2D eigenvalue weighted by Crippen LogP contribution is -2.40. The monoisotopic (exact) mass is 484 g/mol. The van der Waals surface area contributed by atoms with Gasteiger partial charge in [-0.3, -0.25) is 9.79 Å². The maximum atomic E-state index is 12.3. The van der Waals surface area contributed by atoms with Crippen LogP contribution in [-0.4, -0.2) is 36.9 Å². The van der Waals surface area contributed by atoms with E-state index in [1.54, 1.807) is 0 Å². The fourth-order valence-electron chi connectivity index (χ4n) is 4.00. The largest absolute Gasteiger partial charge is 0.352 e. The number of anilines is 1. The number of halogens is 1. The predicted octanol–water partition coefficient (Wildman–Crippen LogP) is 4.24. The zero-order chi connectivity index (χ0) is 18.6. The van der Waals surface area contributed by atoms with Gasteiger partial charge in [-0.25, -0.2) is 0 Å². The molecule has 2 fully saturated rings. The Morgan fingerprint density at radius 2 is 2.04 bits per heavy atom. The van der Waals surface area contributed by atoms with Crippen LogP contribution in [0.5, 0.6) is 0 Å². The molecule has 0 bridgehead atoms. The second-order valence-electron chi connectivity index (χ2n) is 8.41. The van der Waals surface area contributed by atoms with Gasteiger partial charge >= 0.3 is 0 Å². The summed E-state index contributed by atoms with van der Waals surface area (Å²) in [6.07, 6.45) is 5.59. The lowest BCUT2D eigenvalue weighted by molar-refractivity contribution is -0.119. The van der Waals surface area contributed by atoms with Gasteiger partial charge in [0.15, 0.2) is 5.96 Å². The summed E-state index contributed by atoms with van der Waals surface area (Å²) in [7, 11) is 1.84. The number of hydrogen-bond acceptors (Lipinski definition) is 2. The number of guanidine groups is 1. The van der Waals surface area contributed by atoms with Gasteiger partial charge in [0.25, 0.3) is 0 Å². The van der Waals surface area contributed by atoms with Crippen LogP contribution < -0.4 is 10.6 Å². The molecule has 1 saturated heterocycles. The minimum absolute atomic E-state index is 0. The normalized spacial score (nSPS) is 19.7. The van der Waals surface area contributed by atoms with Crippen LogP contribution in [0.3, 0.4) is 0 Å². The van der Waals surface area contributed by atoms with Gasteiger partial charge in [-0.05, 0) is 42.4 Å². The minimum atomic E-state index is 0. The Labute approximate surface area is 180 Å². The van der Waals surface area contributed by atoms with Gasteiger partial charge in [0, 0.05) is 38.3 Å². The summed E-state index contributed by atoms with van der Waals surface area (Å²) in [6.45, 7) is 7.39. The quantitative estimate of drug-likeness (QED) is 0.382. The van der Waals surface area contributed by atoms with Crippen LogP contribution in [0.4, 0.5) is 5.69 Å². The Hall–Kier alpha value is -1.31. The molecule has 150 valence electrons. The number of benzene rings is 1. The highest BCUT2D eigenvalue weighted by molar-refractivity contribution is 14.0. The first-order valence-electron chi connectivity index (χ1n) is 9.82. The number of carbonyl (C=O) groups is 1. The van der Waals surface area contributed by atoms with Crippen molar-refractivity contribution in [2.45, 2.75) is 52.5 Å². The number of likely N-dealkylation sites (tertiary alicyclic amines) is 1. The topological polar surface area (TPSA) is 56.7 Å². The van der Waals surface area contributed by atoms with Crippen LogP contribution in [0.25, 0.3) is 0 Å². The molecule has 0 spiro atoms. The molecule has 1 aromatic carbocycles. The average molecular weight is 484 g/mol. The molecule has 0 radical (unpaired) electrons. The molecule has 3 rings (SSSR count). The fraction of sp³-hybridized carbons (Fsp3) is 0.619. The number of amides is 1. The van der Waals surface area contributed by atoms with E-state index in [2.05, 4.69) is 46.5 Å². The van der Waals surface area contributed by atoms with E-state index < -0.39 is 0 Å². The number of nitrogens with one attached hydrogen (secondary N) is 2. The van der Waals surface area contributed by atoms with Crippen molar-refractivity contribution in [2.24, 2.45) is 16.3 Å². The van der Waals surface area contributed by atoms with E-state index in [1.807, 2.05) is 19.2 Å². The fourth-order valence-corrected chi connectivity index (χ4v) is 4.00. The van der Waals surface area contributed by atoms with E-state index >= 15 is 0 Å². The van der Waals surface area contributed by atoms with Crippen LogP contribution in [0.2, 0.25) is 0 Å². The second-order valence-corrected chi connectivity index (χ2v) is 8.41. The third-order valence-electron chi connectivity index (χ3n) is 5.56. The van der Waals surface area contributed by atoms with Gasteiger partial charge < -0.3 is 15.5 Å². The molecule has 1 aliphatic carbocycles. The van der Waals surface area contributed by atoms with Gasteiger partial charge in [0.05, 0.1) is 0 Å². The molecule has 1 amide bonds. The number of nitrogens with zero attached hydrogens (tertiary/aromatic N) is 2. The standard InChI is InChI=1S/C21H32N4O.HI/c1-21(2)11-12-25(15-21)20(22-3)23-14-16-7-6-10-18(13-16)24-19(26)17-8-4-5-9-17;/h6-7,10,13,17H,4-5,8-9,11-12,14-15H2,1-3H3,(H,22,23)(H,24,26);1H. The highest BCUT2D eigenvalue weighted by Gasteiger charge is 2.30. The van der Waals surface area contributed by atoms with Crippen molar-refractivity contribution >= 4 is 41.5 Å². The molecular formula is C21H33IN4O. The molecule has 0 atom stereocenters. The Bertz CT molecular complexity index is 668. The third-order valence-corrected chi connectivity index (χ3v) is 5.56. The van der Waals surface area contributed by atoms with Gasteiger partial charge in [-0.15, -0.1) is 24.0 Å². The SMILES string of the molecule is CN=C(NCc1cccc(NC(=O)C2CCCC2)c1)N1CCC(C)(C)C1.I. The van der Waals surface area contributed by atoms with Gasteiger partial charge in [0.1, 0.15) is 0 Å². The van der Waals surface area contributed by atoms with E-state index in [1.165, 1.54) is 19.3 Å². The Kier molecular flexibility index (Phi) is 7.94. The first-order valence-corrected chi connectivity index (χ1v) is 9.82. The molecule has 6 heteroatoms. The summed E-state index contributed by atoms with van der Waals surface area (Å²) in [4.78, 5) is 19.1. The smallest absolute Gasteiger partial charge is 0.227 e. The van der Waals surface area contributed by atoms with Crippen LogP contribution in [0.1, 0.15) is 51.5 Å². The maximum Gasteiger partial charge on any atom is 0.227 e. The van der Waals surface area contributed by atoms with Crippen molar-refractivity contribution in [1.29, 1.82) is 0 Å². The molecule has 1 aromatic rings. The number of aliphatic imine (C=N–C) groups is 1. The van der Waals surface area contributed by atoms with Crippen molar-refractivity contribution in [1.82, 2.24) is 10.2 Å². The molecule has 1 heterocycles. The number of carbonyl (C=O) groups excluding carboxylic acids is 1. The molecule has 2 N–H and O–H groups in total. The zero-order valence-corrected chi connectivity index (χ0v) is 19.1. The van der Waals surface area contributed by atoms with Gasteiger partial charge in [-0.2, -0.15) is 0 Å². The summed E-state index contributed by atoms with van der Waals surface area (Å²) in [5.41, 5.74) is 2.38. The van der Waals surface area contributed by atoms with E-state index in [0.29, 0.717) is 12.0 Å². The molecule has 1 aliphatic heterocycles. The Balaban J connectivity index is 0.00000261. The molecule has 27 heavy (non-hydrogen) atoms. The number of rotatable bonds is 4. The first-order chi connectivity index (χ1) is 12.5. The summed E-state index contributed by atoms with van der Waals surface area (Å²) in [6, 6.07) is 8.11. The zero-order valence-electron chi connectivity index (χ0n) is 16.8. The van der Waals surface area contributed by atoms with Crippen molar-refractivity contribution in [3.8, 4) is 0 Å².